The Morgan fingerprint density at radius 1 is 1.27 bits per heavy atom. The van der Waals surface area contributed by atoms with Gasteiger partial charge >= 0.3 is 6.09 Å². The van der Waals surface area contributed by atoms with Gasteiger partial charge in [-0.15, -0.1) is 0 Å². The molecule has 174 valence electrons. The molecular formula is C22H21F3N4O4. The quantitative estimate of drug-likeness (QED) is 0.604. The lowest BCUT2D eigenvalue weighted by Gasteiger charge is -2.31. The van der Waals surface area contributed by atoms with Gasteiger partial charge in [-0.05, 0) is 29.8 Å². The number of ether oxygens (including phenoxy) is 1. The highest BCUT2D eigenvalue weighted by atomic mass is 19.1. The lowest BCUT2D eigenvalue weighted by atomic mass is 10.0. The van der Waals surface area contributed by atoms with E-state index in [1.54, 1.807) is 10.6 Å². The van der Waals surface area contributed by atoms with Crippen molar-refractivity contribution in [2.75, 3.05) is 25.0 Å². The molecule has 33 heavy (non-hydrogen) atoms. The molecule has 2 amide bonds. The number of hydrogen-bond donors (Lipinski definition) is 2. The Morgan fingerprint density at radius 3 is 2.64 bits per heavy atom. The van der Waals surface area contributed by atoms with Crippen molar-refractivity contribution in [3.05, 3.63) is 53.4 Å². The van der Waals surface area contributed by atoms with E-state index in [1.807, 2.05) is 0 Å². The summed E-state index contributed by atoms with van der Waals surface area (Å²) >= 11 is 0. The normalized spacial score (nSPS) is 16.2. The number of carbonyl (C=O) groups is 2. The Hall–Kier alpha value is -3.60. The number of aromatic nitrogens is 2. The molecule has 0 saturated carbocycles. The van der Waals surface area contributed by atoms with Crippen LogP contribution in [0.4, 0.5) is 23.7 Å². The molecule has 3 aromatic rings. The minimum absolute atomic E-state index is 0.00793. The first-order valence-electron chi connectivity index (χ1n) is 10.2. The molecule has 4 rings (SSSR count). The number of hydrogen-bond acceptors (Lipinski definition) is 4. The smallest absolute Gasteiger partial charge is 0.407 e. The summed E-state index contributed by atoms with van der Waals surface area (Å²) in [6.07, 6.45) is 0.00995. The fraction of sp³-hybridized carbons (Fsp3) is 0.318. The number of benzene rings is 1. The number of nitrogens with zero attached hydrogens (tertiary/aromatic N) is 3. The first-order chi connectivity index (χ1) is 15.8. The summed E-state index contributed by atoms with van der Waals surface area (Å²) in [5.41, 5.74) is 0.558. The van der Waals surface area contributed by atoms with E-state index in [2.05, 4.69) is 10.3 Å². The predicted molar refractivity (Wildman–Crippen MR) is 113 cm³/mol. The SMILES string of the molecule is CC(=O)Nc1cc(F)c(-c2nc3cc(CF)ccn3c2CC2CN(C(=O)O)CCO2)c(F)c1. The summed E-state index contributed by atoms with van der Waals surface area (Å²) in [7, 11) is 0. The van der Waals surface area contributed by atoms with Crippen molar-refractivity contribution >= 4 is 23.3 Å². The lowest BCUT2D eigenvalue weighted by Crippen LogP contribution is -2.45. The fourth-order valence-corrected chi connectivity index (χ4v) is 3.92. The van der Waals surface area contributed by atoms with Crippen molar-refractivity contribution < 1.29 is 32.6 Å². The molecule has 0 bridgehead atoms. The highest BCUT2D eigenvalue weighted by Gasteiger charge is 2.28. The van der Waals surface area contributed by atoms with Gasteiger partial charge in [-0.25, -0.2) is 22.9 Å². The summed E-state index contributed by atoms with van der Waals surface area (Å²) in [4.78, 5) is 28.2. The molecule has 11 heteroatoms. The molecule has 1 atom stereocenters. The van der Waals surface area contributed by atoms with Gasteiger partial charge in [0.05, 0.1) is 36.2 Å². The maximum Gasteiger partial charge on any atom is 0.407 e. The van der Waals surface area contributed by atoms with Gasteiger partial charge in [0, 0.05) is 31.8 Å². The van der Waals surface area contributed by atoms with Crippen molar-refractivity contribution in [1.82, 2.24) is 14.3 Å². The Balaban J connectivity index is 1.81. The third-order valence-corrected chi connectivity index (χ3v) is 5.37. The minimum Gasteiger partial charge on any atom is -0.465 e. The van der Waals surface area contributed by atoms with Gasteiger partial charge in [-0.3, -0.25) is 4.79 Å². The summed E-state index contributed by atoms with van der Waals surface area (Å²) in [6.45, 7) is 0.970. The molecule has 2 N–H and O–H groups in total. The maximum absolute atomic E-state index is 15.0. The number of imidazole rings is 1. The third kappa shape index (κ3) is 4.63. The van der Waals surface area contributed by atoms with Crippen LogP contribution in [0.2, 0.25) is 0 Å². The predicted octanol–water partition coefficient (Wildman–Crippen LogP) is 3.63. The van der Waals surface area contributed by atoms with Crippen LogP contribution in [0.15, 0.2) is 30.5 Å². The second-order valence-corrected chi connectivity index (χ2v) is 7.73. The Kier molecular flexibility index (Phi) is 6.23. The second-order valence-electron chi connectivity index (χ2n) is 7.73. The largest absolute Gasteiger partial charge is 0.465 e. The average Bonchev–Trinajstić information content (AvgIpc) is 3.10. The van der Waals surface area contributed by atoms with Crippen molar-refractivity contribution in [1.29, 1.82) is 0 Å². The standard InChI is InChI=1S/C22H21F3N4O4/c1-12(30)26-14-7-16(24)20(17(25)8-14)21-18(9-15-11-28(22(31)32)4-5-33-15)29-3-2-13(10-23)6-19(29)27-21/h2-3,6-8,15H,4-5,9-11H2,1H3,(H,26,30)(H,31,32). The average molecular weight is 462 g/mol. The molecule has 0 aliphatic carbocycles. The van der Waals surface area contributed by atoms with Crippen LogP contribution in [-0.2, 0) is 22.6 Å². The number of halogens is 3. The number of amides is 2. The Labute approximate surface area is 186 Å². The number of alkyl halides is 1. The third-order valence-electron chi connectivity index (χ3n) is 5.37. The zero-order chi connectivity index (χ0) is 23.7. The Bertz CT molecular complexity index is 1210. The van der Waals surface area contributed by atoms with Gasteiger partial charge in [0.15, 0.2) is 0 Å². The molecule has 1 saturated heterocycles. The monoisotopic (exact) mass is 462 g/mol. The summed E-state index contributed by atoms with van der Waals surface area (Å²) in [6, 6.07) is 4.98. The van der Waals surface area contributed by atoms with E-state index in [-0.39, 0.29) is 43.1 Å². The summed E-state index contributed by atoms with van der Waals surface area (Å²) in [5.74, 6) is -2.36. The molecule has 2 aromatic heterocycles. The maximum atomic E-state index is 15.0. The van der Waals surface area contributed by atoms with Gasteiger partial charge in [-0.2, -0.15) is 0 Å². The van der Waals surface area contributed by atoms with Crippen LogP contribution in [-0.4, -0.2) is 57.2 Å². The Morgan fingerprint density at radius 2 is 2.00 bits per heavy atom. The van der Waals surface area contributed by atoms with Crippen LogP contribution in [0.3, 0.4) is 0 Å². The summed E-state index contributed by atoms with van der Waals surface area (Å²) < 4.78 is 50.5. The molecule has 1 aromatic carbocycles. The van der Waals surface area contributed by atoms with Crippen LogP contribution in [0, 0.1) is 11.6 Å². The van der Waals surface area contributed by atoms with E-state index < -0.39 is 42.0 Å². The van der Waals surface area contributed by atoms with Crippen LogP contribution in [0.25, 0.3) is 16.9 Å². The van der Waals surface area contributed by atoms with Crippen LogP contribution >= 0.6 is 0 Å². The van der Waals surface area contributed by atoms with Gasteiger partial charge in [0.25, 0.3) is 0 Å². The number of morpholine rings is 1. The minimum atomic E-state index is -1.08. The highest BCUT2D eigenvalue weighted by molar-refractivity contribution is 5.89. The van der Waals surface area contributed by atoms with E-state index in [4.69, 9.17) is 4.74 Å². The van der Waals surface area contributed by atoms with Gasteiger partial charge < -0.3 is 24.5 Å². The zero-order valence-electron chi connectivity index (χ0n) is 17.6. The number of pyridine rings is 1. The van der Waals surface area contributed by atoms with Crippen molar-refractivity contribution in [3.8, 4) is 11.3 Å². The highest BCUT2D eigenvalue weighted by Crippen LogP contribution is 2.33. The van der Waals surface area contributed by atoms with Crippen molar-refractivity contribution in [2.45, 2.75) is 26.1 Å². The molecule has 1 aliphatic rings. The van der Waals surface area contributed by atoms with E-state index in [0.29, 0.717) is 11.3 Å². The van der Waals surface area contributed by atoms with E-state index in [0.717, 1.165) is 12.1 Å². The van der Waals surface area contributed by atoms with Crippen molar-refractivity contribution in [3.63, 3.8) is 0 Å². The first-order valence-corrected chi connectivity index (χ1v) is 10.2. The van der Waals surface area contributed by atoms with E-state index >= 15 is 8.78 Å². The van der Waals surface area contributed by atoms with Crippen LogP contribution < -0.4 is 5.32 Å². The molecule has 0 radical (unpaired) electrons. The summed E-state index contributed by atoms with van der Waals surface area (Å²) in [5, 5.41) is 11.6. The molecule has 1 fully saturated rings. The van der Waals surface area contributed by atoms with Crippen LogP contribution in [0.5, 0.6) is 0 Å². The number of carboxylic acid groups (broad SMARTS) is 1. The zero-order valence-corrected chi connectivity index (χ0v) is 17.6. The fourth-order valence-electron chi connectivity index (χ4n) is 3.92. The molecular weight excluding hydrogens is 441 g/mol. The second kappa shape index (κ2) is 9.10. The van der Waals surface area contributed by atoms with Gasteiger partial charge in [0.1, 0.15) is 24.0 Å². The lowest BCUT2D eigenvalue weighted by molar-refractivity contribution is -0.114. The molecule has 1 unspecified atom stereocenters. The molecule has 8 nitrogen and oxygen atoms in total. The molecule has 1 aliphatic heterocycles. The molecule has 0 spiro atoms. The van der Waals surface area contributed by atoms with E-state index in [1.165, 1.54) is 24.0 Å². The van der Waals surface area contributed by atoms with Crippen LogP contribution in [0.1, 0.15) is 18.2 Å². The number of nitrogens with one attached hydrogen (secondary N) is 1. The van der Waals surface area contributed by atoms with Crippen molar-refractivity contribution in [2.24, 2.45) is 0 Å². The van der Waals surface area contributed by atoms with Gasteiger partial charge in [0.2, 0.25) is 5.91 Å². The topological polar surface area (TPSA) is 96.2 Å². The van der Waals surface area contributed by atoms with E-state index in [9.17, 15) is 19.1 Å². The number of fused-ring (bicyclic) bond motifs is 1. The number of rotatable bonds is 5. The molecule has 3 heterocycles. The van der Waals surface area contributed by atoms with Gasteiger partial charge in [-0.1, -0.05) is 0 Å². The first kappa shape index (κ1) is 22.6. The number of carbonyl (C=O) groups excluding carboxylic acids is 1. The number of anilines is 1.